The lowest BCUT2D eigenvalue weighted by atomic mass is 10.1. The molecule has 28 heavy (non-hydrogen) atoms. The van der Waals surface area contributed by atoms with Gasteiger partial charge in [0.2, 0.25) is 5.91 Å². The van der Waals surface area contributed by atoms with Crippen molar-refractivity contribution in [2.45, 2.75) is 19.4 Å². The van der Waals surface area contributed by atoms with Crippen LogP contribution in [0.15, 0.2) is 47.1 Å². The van der Waals surface area contributed by atoms with Crippen molar-refractivity contribution < 1.29 is 18.7 Å². The summed E-state index contributed by atoms with van der Waals surface area (Å²) in [5.41, 5.74) is 1.89. The number of rotatable bonds is 5. The highest BCUT2D eigenvalue weighted by atomic mass is 32.1. The number of amides is 2. The molecule has 0 saturated heterocycles. The van der Waals surface area contributed by atoms with Crippen molar-refractivity contribution in [3.63, 3.8) is 0 Å². The summed E-state index contributed by atoms with van der Waals surface area (Å²) in [6.45, 7) is 1.13. The summed E-state index contributed by atoms with van der Waals surface area (Å²) in [6, 6.07) is 10.8. The average Bonchev–Trinajstić information content (AvgIpc) is 3.37. The highest BCUT2D eigenvalue weighted by molar-refractivity contribution is 7.15. The van der Waals surface area contributed by atoms with Crippen LogP contribution in [-0.4, -0.2) is 35.4 Å². The predicted octanol–water partition coefficient (Wildman–Crippen LogP) is 3.12. The molecule has 7 nitrogen and oxygen atoms in total. The molecule has 0 spiro atoms. The Hall–Kier alpha value is -3.13. The van der Waals surface area contributed by atoms with Crippen LogP contribution in [0.1, 0.15) is 26.7 Å². The van der Waals surface area contributed by atoms with Gasteiger partial charge in [-0.1, -0.05) is 23.5 Å². The first kappa shape index (κ1) is 18.2. The van der Waals surface area contributed by atoms with Gasteiger partial charge in [0.25, 0.3) is 5.91 Å². The van der Waals surface area contributed by atoms with Gasteiger partial charge in [0.05, 0.1) is 32.0 Å². The SMILES string of the molecule is COc1ccc(CC(=O)N2CCc3nc(NC(=O)c4ccco4)sc3C2)cc1. The van der Waals surface area contributed by atoms with Crippen molar-refractivity contribution in [2.75, 3.05) is 19.0 Å². The summed E-state index contributed by atoms with van der Waals surface area (Å²) in [5, 5.41) is 3.28. The Bertz CT molecular complexity index is 980. The second kappa shape index (κ2) is 7.85. The number of carbonyl (C=O) groups excluding carboxylic acids is 2. The van der Waals surface area contributed by atoms with Gasteiger partial charge in [0.15, 0.2) is 10.9 Å². The maximum atomic E-state index is 12.7. The number of carbonyl (C=O) groups is 2. The van der Waals surface area contributed by atoms with E-state index in [2.05, 4.69) is 10.3 Å². The number of benzene rings is 1. The maximum absolute atomic E-state index is 12.7. The average molecular weight is 397 g/mol. The summed E-state index contributed by atoms with van der Waals surface area (Å²) in [5.74, 6) is 0.756. The molecule has 1 N–H and O–H groups in total. The molecule has 1 aliphatic rings. The van der Waals surface area contributed by atoms with E-state index in [0.717, 1.165) is 21.9 Å². The van der Waals surface area contributed by atoms with Gasteiger partial charge in [-0.2, -0.15) is 0 Å². The van der Waals surface area contributed by atoms with E-state index in [1.807, 2.05) is 29.2 Å². The molecule has 2 amide bonds. The molecule has 144 valence electrons. The van der Waals surface area contributed by atoms with E-state index in [1.54, 1.807) is 19.2 Å². The van der Waals surface area contributed by atoms with Crippen molar-refractivity contribution in [3.8, 4) is 5.75 Å². The van der Waals surface area contributed by atoms with Crippen LogP contribution in [0.3, 0.4) is 0 Å². The number of ether oxygens (including phenoxy) is 1. The lowest BCUT2D eigenvalue weighted by Gasteiger charge is -2.26. The van der Waals surface area contributed by atoms with Crippen molar-refractivity contribution in [1.29, 1.82) is 0 Å². The molecule has 0 fully saturated rings. The zero-order chi connectivity index (χ0) is 19.5. The van der Waals surface area contributed by atoms with Crippen LogP contribution in [0, 0.1) is 0 Å². The Labute approximate surface area is 165 Å². The highest BCUT2D eigenvalue weighted by Crippen LogP contribution is 2.29. The van der Waals surface area contributed by atoms with Gasteiger partial charge < -0.3 is 14.1 Å². The minimum Gasteiger partial charge on any atom is -0.497 e. The Balaban J connectivity index is 1.39. The highest BCUT2D eigenvalue weighted by Gasteiger charge is 2.25. The lowest BCUT2D eigenvalue weighted by molar-refractivity contribution is -0.131. The van der Waals surface area contributed by atoms with Gasteiger partial charge in [-0.3, -0.25) is 14.9 Å². The predicted molar refractivity (Wildman–Crippen MR) is 105 cm³/mol. The number of methoxy groups -OCH3 is 1. The molecule has 4 rings (SSSR count). The molecule has 0 atom stereocenters. The third-order valence-corrected chi connectivity index (χ3v) is 5.56. The van der Waals surface area contributed by atoms with Gasteiger partial charge in [-0.05, 0) is 29.8 Å². The van der Waals surface area contributed by atoms with Crippen molar-refractivity contribution in [2.24, 2.45) is 0 Å². The number of furan rings is 1. The van der Waals surface area contributed by atoms with E-state index in [0.29, 0.717) is 31.1 Å². The number of hydrogen-bond donors (Lipinski definition) is 1. The van der Waals surface area contributed by atoms with Crippen LogP contribution in [0.4, 0.5) is 5.13 Å². The summed E-state index contributed by atoms with van der Waals surface area (Å²) in [6.07, 6.45) is 2.48. The van der Waals surface area contributed by atoms with Crippen LogP contribution >= 0.6 is 11.3 Å². The Morgan fingerprint density at radius 2 is 2.11 bits per heavy atom. The fourth-order valence-electron chi connectivity index (χ4n) is 3.06. The molecule has 0 radical (unpaired) electrons. The first-order chi connectivity index (χ1) is 13.6. The van der Waals surface area contributed by atoms with E-state index >= 15 is 0 Å². The van der Waals surface area contributed by atoms with Crippen LogP contribution in [0.2, 0.25) is 0 Å². The molecule has 3 heterocycles. The number of fused-ring (bicyclic) bond motifs is 1. The van der Waals surface area contributed by atoms with E-state index in [9.17, 15) is 9.59 Å². The molecule has 0 saturated carbocycles. The molecular weight excluding hydrogens is 378 g/mol. The number of nitrogens with one attached hydrogen (secondary N) is 1. The number of thiazole rings is 1. The fraction of sp³-hybridized carbons (Fsp3) is 0.250. The molecule has 2 aromatic heterocycles. The Morgan fingerprint density at radius 1 is 1.29 bits per heavy atom. The van der Waals surface area contributed by atoms with Gasteiger partial charge in [0.1, 0.15) is 5.75 Å². The first-order valence-corrected chi connectivity index (χ1v) is 9.68. The van der Waals surface area contributed by atoms with E-state index in [1.165, 1.54) is 17.6 Å². The molecule has 1 aromatic carbocycles. The van der Waals surface area contributed by atoms with Gasteiger partial charge in [-0.25, -0.2) is 4.98 Å². The topological polar surface area (TPSA) is 84.7 Å². The van der Waals surface area contributed by atoms with Crippen LogP contribution < -0.4 is 10.1 Å². The first-order valence-electron chi connectivity index (χ1n) is 8.86. The summed E-state index contributed by atoms with van der Waals surface area (Å²) in [4.78, 5) is 32.1. The van der Waals surface area contributed by atoms with Crippen LogP contribution in [0.25, 0.3) is 0 Å². The van der Waals surface area contributed by atoms with Gasteiger partial charge >= 0.3 is 0 Å². The van der Waals surface area contributed by atoms with Gasteiger partial charge in [0, 0.05) is 17.8 Å². The Morgan fingerprint density at radius 3 is 2.82 bits per heavy atom. The second-order valence-electron chi connectivity index (χ2n) is 6.41. The summed E-state index contributed by atoms with van der Waals surface area (Å²) in [7, 11) is 1.62. The number of aromatic nitrogens is 1. The molecular formula is C20H19N3O4S. The number of hydrogen-bond acceptors (Lipinski definition) is 6. The normalized spacial score (nSPS) is 13.1. The third-order valence-electron chi connectivity index (χ3n) is 4.56. The largest absolute Gasteiger partial charge is 0.497 e. The standard InChI is InChI=1S/C20H19N3O4S/c1-26-14-6-4-13(5-7-14)11-18(24)23-9-8-15-17(12-23)28-20(21-15)22-19(25)16-3-2-10-27-16/h2-7,10H,8-9,11-12H2,1H3,(H,21,22,25). The molecule has 8 heteroatoms. The smallest absolute Gasteiger partial charge is 0.293 e. The molecule has 3 aromatic rings. The van der Waals surface area contributed by atoms with E-state index in [-0.39, 0.29) is 17.6 Å². The summed E-state index contributed by atoms with van der Waals surface area (Å²) >= 11 is 1.40. The summed E-state index contributed by atoms with van der Waals surface area (Å²) < 4.78 is 10.2. The van der Waals surface area contributed by atoms with Crippen molar-refractivity contribution >= 4 is 28.3 Å². The quantitative estimate of drug-likeness (QED) is 0.715. The monoisotopic (exact) mass is 397 g/mol. The molecule has 1 aliphatic heterocycles. The van der Waals surface area contributed by atoms with Crippen molar-refractivity contribution in [3.05, 3.63) is 64.6 Å². The molecule has 0 unspecified atom stereocenters. The van der Waals surface area contributed by atoms with Crippen molar-refractivity contribution in [1.82, 2.24) is 9.88 Å². The molecule has 0 bridgehead atoms. The number of anilines is 1. The zero-order valence-electron chi connectivity index (χ0n) is 15.3. The fourth-order valence-corrected chi connectivity index (χ4v) is 4.08. The maximum Gasteiger partial charge on any atom is 0.293 e. The Kier molecular flexibility index (Phi) is 5.12. The van der Waals surface area contributed by atoms with Crippen LogP contribution in [0.5, 0.6) is 5.75 Å². The molecule has 0 aliphatic carbocycles. The zero-order valence-corrected chi connectivity index (χ0v) is 16.1. The second-order valence-corrected chi connectivity index (χ2v) is 7.49. The van der Waals surface area contributed by atoms with Crippen LogP contribution in [-0.2, 0) is 24.2 Å². The minimum absolute atomic E-state index is 0.0744. The lowest BCUT2D eigenvalue weighted by Crippen LogP contribution is -2.36. The van der Waals surface area contributed by atoms with Gasteiger partial charge in [-0.15, -0.1) is 0 Å². The minimum atomic E-state index is -0.330. The number of nitrogens with zero attached hydrogens (tertiary/aromatic N) is 2. The van der Waals surface area contributed by atoms with E-state index in [4.69, 9.17) is 9.15 Å². The third kappa shape index (κ3) is 3.91. The van der Waals surface area contributed by atoms with E-state index < -0.39 is 0 Å².